The van der Waals surface area contributed by atoms with Gasteiger partial charge in [-0.1, -0.05) is 18.2 Å². The van der Waals surface area contributed by atoms with E-state index in [1.54, 1.807) is 24.3 Å². The Bertz CT molecular complexity index is 638. The lowest BCUT2D eigenvalue weighted by Crippen LogP contribution is -2.24. The van der Waals surface area contributed by atoms with Crippen molar-refractivity contribution < 1.29 is 23.1 Å². The summed E-state index contributed by atoms with van der Waals surface area (Å²) in [6.45, 7) is 0. The van der Waals surface area contributed by atoms with E-state index in [2.05, 4.69) is 5.32 Å². The second kappa shape index (κ2) is 5.62. The molecular formula is C13H15NO5S. The molecule has 1 atom stereocenters. The zero-order chi connectivity index (χ0) is 14.8. The number of carboxylic acids is 1. The largest absolute Gasteiger partial charge is 0.481 e. The van der Waals surface area contributed by atoms with Crippen molar-refractivity contribution in [1.82, 2.24) is 0 Å². The maximum Gasteiger partial charge on any atom is 0.307 e. The minimum atomic E-state index is -3.12. The van der Waals surface area contributed by atoms with Gasteiger partial charge in [-0.15, -0.1) is 0 Å². The first-order valence-corrected chi connectivity index (χ1v) is 8.00. The average molecular weight is 297 g/mol. The molecule has 2 N–H and O–H groups in total. The second-order valence-corrected chi connectivity index (χ2v) is 7.05. The number of hydrogen-bond donors (Lipinski definition) is 2. The van der Waals surface area contributed by atoms with Crippen LogP contribution in [0.5, 0.6) is 0 Å². The van der Waals surface area contributed by atoms with E-state index in [0.717, 1.165) is 0 Å². The molecule has 0 bridgehead atoms. The summed E-state index contributed by atoms with van der Waals surface area (Å²) < 4.78 is 22.7. The lowest BCUT2D eigenvalue weighted by molar-refractivity contribution is -0.136. The Labute approximate surface area is 116 Å². The number of aliphatic carboxylic acids is 1. The molecule has 0 radical (unpaired) electrons. The monoisotopic (exact) mass is 297 g/mol. The number of carbonyl (C=O) groups is 2. The number of hydrogen-bond acceptors (Lipinski definition) is 4. The molecule has 0 spiro atoms. The maximum absolute atomic E-state index is 12.0. The summed E-state index contributed by atoms with van der Waals surface area (Å²) in [5, 5.41) is 11.4. The fourth-order valence-corrected chi connectivity index (χ4v) is 3.94. The van der Waals surface area contributed by atoms with E-state index in [1.807, 2.05) is 0 Å². The number of amides is 1. The minimum absolute atomic E-state index is 0.0296. The summed E-state index contributed by atoms with van der Waals surface area (Å²) >= 11 is 0. The fourth-order valence-electron chi connectivity index (χ4n) is 2.20. The van der Waals surface area contributed by atoms with Gasteiger partial charge in [-0.2, -0.15) is 0 Å². The molecule has 1 aromatic carbocycles. The molecule has 6 nitrogen and oxygen atoms in total. The van der Waals surface area contributed by atoms with E-state index in [4.69, 9.17) is 5.11 Å². The third-order valence-electron chi connectivity index (χ3n) is 3.22. The van der Waals surface area contributed by atoms with Crippen LogP contribution in [0.3, 0.4) is 0 Å². The van der Waals surface area contributed by atoms with Crippen LogP contribution in [-0.4, -0.2) is 36.9 Å². The minimum Gasteiger partial charge on any atom is -0.481 e. The first-order chi connectivity index (χ1) is 9.37. The van der Waals surface area contributed by atoms with E-state index >= 15 is 0 Å². The zero-order valence-electron chi connectivity index (χ0n) is 10.7. The van der Waals surface area contributed by atoms with Crippen LogP contribution in [0.4, 0.5) is 5.69 Å². The summed E-state index contributed by atoms with van der Waals surface area (Å²) in [4.78, 5) is 22.8. The topological polar surface area (TPSA) is 101 Å². The maximum atomic E-state index is 12.0. The van der Waals surface area contributed by atoms with Crippen molar-refractivity contribution in [2.45, 2.75) is 12.8 Å². The molecule has 2 rings (SSSR count). The molecule has 1 heterocycles. The molecule has 1 aliphatic rings. The van der Waals surface area contributed by atoms with Gasteiger partial charge in [0.2, 0.25) is 5.91 Å². The van der Waals surface area contributed by atoms with Gasteiger partial charge >= 0.3 is 5.97 Å². The number of anilines is 1. The Morgan fingerprint density at radius 1 is 1.30 bits per heavy atom. The van der Waals surface area contributed by atoms with Gasteiger partial charge in [0.25, 0.3) is 0 Å². The molecule has 7 heteroatoms. The standard InChI is InChI=1S/C13H15NO5S/c15-12(16)7-9-3-1-2-4-11(9)14-13(17)10-5-6-20(18,19)8-10/h1-4,10H,5-8H2,(H,14,17)(H,15,16). The van der Waals surface area contributed by atoms with Crippen molar-refractivity contribution in [2.24, 2.45) is 5.92 Å². The molecule has 1 saturated heterocycles. The third kappa shape index (κ3) is 3.57. The summed E-state index contributed by atoms with van der Waals surface area (Å²) in [7, 11) is -3.12. The SMILES string of the molecule is O=C(O)Cc1ccccc1NC(=O)C1CCS(=O)(=O)C1. The van der Waals surface area contributed by atoms with Crippen LogP contribution < -0.4 is 5.32 Å². The van der Waals surface area contributed by atoms with Crippen molar-refractivity contribution in [3.8, 4) is 0 Å². The molecule has 0 saturated carbocycles. The van der Waals surface area contributed by atoms with Crippen LogP contribution in [0.25, 0.3) is 0 Å². The van der Waals surface area contributed by atoms with Crippen LogP contribution in [0.1, 0.15) is 12.0 Å². The van der Waals surface area contributed by atoms with Gasteiger partial charge in [-0.05, 0) is 18.1 Å². The molecule has 20 heavy (non-hydrogen) atoms. The van der Waals surface area contributed by atoms with Gasteiger partial charge in [-0.3, -0.25) is 9.59 Å². The first-order valence-electron chi connectivity index (χ1n) is 6.18. The lowest BCUT2D eigenvalue weighted by atomic mass is 10.1. The molecule has 1 aromatic rings. The summed E-state index contributed by atoms with van der Waals surface area (Å²) in [5.41, 5.74) is 0.915. The Morgan fingerprint density at radius 3 is 2.60 bits per heavy atom. The fraction of sp³-hybridized carbons (Fsp3) is 0.385. The van der Waals surface area contributed by atoms with Gasteiger partial charge in [0.05, 0.1) is 23.8 Å². The van der Waals surface area contributed by atoms with Crippen LogP contribution in [0, 0.1) is 5.92 Å². The molecular weight excluding hydrogens is 282 g/mol. The Kier molecular flexibility index (Phi) is 4.08. The highest BCUT2D eigenvalue weighted by Gasteiger charge is 2.33. The Hall–Kier alpha value is -1.89. The number of carboxylic acid groups (broad SMARTS) is 1. The normalized spacial score (nSPS) is 20.5. The third-order valence-corrected chi connectivity index (χ3v) is 4.99. The molecule has 0 aromatic heterocycles. The number of benzene rings is 1. The van der Waals surface area contributed by atoms with E-state index in [-0.39, 0.29) is 23.8 Å². The molecule has 1 fully saturated rings. The Morgan fingerprint density at radius 2 is 2.00 bits per heavy atom. The molecule has 0 aliphatic carbocycles. The van der Waals surface area contributed by atoms with Crippen LogP contribution in [0.15, 0.2) is 24.3 Å². The summed E-state index contributed by atoms with van der Waals surface area (Å²) in [6, 6.07) is 6.61. The predicted octanol–water partition coefficient (Wildman–Crippen LogP) is 0.687. The molecule has 1 amide bonds. The highest BCUT2D eigenvalue weighted by Crippen LogP contribution is 2.22. The van der Waals surface area contributed by atoms with Crippen molar-refractivity contribution in [3.63, 3.8) is 0 Å². The summed E-state index contributed by atoms with van der Waals surface area (Å²) in [5.74, 6) is -2.03. The van der Waals surface area contributed by atoms with E-state index in [0.29, 0.717) is 17.7 Å². The van der Waals surface area contributed by atoms with Gasteiger partial charge in [0.15, 0.2) is 9.84 Å². The number of rotatable bonds is 4. The van der Waals surface area contributed by atoms with E-state index in [9.17, 15) is 18.0 Å². The van der Waals surface area contributed by atoms with Crippen LogP contribution in [0.2, 0.25) is 0 Å². The highest BCUT2D eigenvalue weighted by atomic mass is 32.2. The van der Waals surface area contributed by atoms with Gasteiger partial charge in [0, 0.05) is 5.69 Å². The Balaban J connectivity index is 2.10. The number of sulfone groups is 1. The van der Waals surface area contributed by atoms with E-state index in [1.165, 1.54) is 0 Å². The molecule has 1 unspecified atom stereocenters. The number of para-hydroxylation sites is 1. The van der Waals surface area contributed by atoms with Gasteiger partial charge < -0.3 is 10.4 Å². The zero-order valence-corrected chi connectivity index (χ0v) is 11.5. The second-order valence-electron chi connectivity index (χ2n) is 4.82. The molecule has 1 aliphatic heterocycles. The van der Waals surface area contributed by atoms with Crippen LogP contribution in [-0.2, 0) is 25.8 Å². The van der Waals surface area contributed by atoms with Crippen molar-refractivity contribution in [1.29, 1.82) is 0 Å². The van der Waals surface area contributed by atoms with Gasteiger partial charge in [-0.25, -0.2) is 8.42 Å². The van der Waals surface area contributed by atoms with Crippen LogP contribution >= 0.6 is 0 Å². The smallest absolute Gasteiger partial charge is 0.307 e. The first kappa shape index (κ1) is 14.5. The molecule has 108 valence electrons. The highest BCUT2D eigenvalue weighted by molar-refractivity contribution is 7.91. The number of nitrogens with one attached hydrogen (secondary N) is 1. The quantitative estimate of drug-likeness (QED) is 0.851. The van der Waals surface area contributed by atoms with Crippen molar-refractivity contribution >= 4 is 27.4 Å². The van der Waals surface area contributed by atoms with Crippen molar-refractivity contribution in [2.75, 3.05) is 16.8 Å². The average Bonchev–Trinajstić information content (AvgIpc) is 2.71. The van der Waals surface area contributed by atoms with E-state index < -0.39 is 21.7 Å². The predicted molar refractivity (Wildman–Crippen MR) is 73.2 cm³/mol. The van der Waals surface area contributed by atoms with Crippen molar-refractivity contribution in [3.05, 3.63) is 29.8 Å². The summed E-state index contributed by atoms with van der Waals surface area (Å²) in [6.07, 6.45) is 0.120. The number of carbonyl (C=O) groups excluding carboxylic acids is 1. The van der Waals surface area contributed by atoms with Gasteiger partial charge in [0.1, 0.15) is 0 Å². The lowest BCUT2D eigenvalue weighted by Gasteiger charge is -2.12.